The van der Waals surface area contributed by atoms with Crippen molar-refractivity contribution in [1.29, 1.82) is 0 Å². The van der Waals surface area contributed by atoms with Crippen LogP contribution < -0.4 is 10.4 Å². The molecule has 2 fully saturated rings. The van der Waals surface area contributed by atoms with Gasteiger partial charge in [-0.2, -0.15) is 4.98 Å². The van der Waals surface area contributed by atoms with E-state index in [4.69, 9.17) is 0 Å². The van der Waals surface area contributed by atoms with Crippen molar-refractivity contribution in [3.8, 4) is 5.69 Å². The standard InChI is InChI=1S/C23H32FN3O4S3/c1-14-15(2)33-20(32-11-7-5-6-10-24)18-19(25-21(29)27(14)18)26-34(30,31)13-23-9-8-16(12-17(23)28)22(23,3)4/h16H,5-13H2,1-4H3,(H,25,26,29)/t16-,23-/m1/s1. The molecule has 0 amide bonds. The highest BCUT2D eigenvalue weighted by Gasteiger charge is 2.65. The van der Waals surface area contributed by atoms with E-state index >= 15 is 0 Å². The van der Waals surface area contributed by atoms with Gasteiger partial charge >= 0.3 is 5.69 Å². The van der Waals surface area contributed by atoms with Gasteiger partial charge in [-0.25, -0.2) is 13.2 Å². The lowest BCUT2D eigenvalue weighted by Gasteiger charge is -2.36. The minimum absolute atomic E-state index is 0.0183. The van der Waals surface area contributed by atoms with Crippen molar-refractivity contribution in [3.63, 3.8) is 0 Å². The van der Waals surface area contributed by atoms with Crippen LogP contribution in [0.25, 0.3) is 5.69 Å². The van der Waals surface area contributed by atoms with Gasteiger partial charge in [-0.3, -0.25) is 18.5 Å². The van der Waals surface area contributed by atoms with E-state index < -0.39 is 21.1 Å². The van der Waals surface area contributed by atoms with Gasteiger partial charge in [-0.05, 0) is 56.6 Å². The fourth-order valence-corrected chi connectivity index (χ4v) is 10.00. The summed E-state index contributed by atoms with van der Waals surface area (Å²) in [5.41, 5.74) is -0.640. The number of nitrogens with zero attached hydrogens (tertiary/aromatic N) is 2. The van der Waals surface area contributed by atoms with Crippen molar-refractivity contribution >= 4 is 44.7 Å². The smallest absolute Gasteiger partial charge is 0.299 e. The monoisotopic (exact) mass is 529 g/mol. The number of hydrogen-bond donors (Lipinski definition) is 1. The third kappa shape index (κ3) is 4.21. The molecule has 2 saturated carbocycles. The molecular weight excluding hydrogens is 497 g/mol. The highest BCUT2D eigenvalue weighted by molar-refractivity contribution is 8.01. The van der Waals surface area contributed by atoms with E-state index in [1.54, 1.807) is 0 Å². The molecule has 4 aliphatic rings. The number of aryl methyl sites for hydroxylation is 1. The summed E-state index contributed by atoms with van der Waals surface area (Å²) in [5.74, 6) is 0.689. The Hall–Kier alpha value is -1.46. The maximum atomic E-state index is 13.4. The number of carbonyl (C=O) groups excluding carboxylic acids is 1. The molecular formula is C23H32FN3O4S3. The maximum Gasteiger partial charge on any atom is 0.354 e. The van der Waals surface area contributed by atoms with E-state index in [2.05, 4.69) is 9.71 Å². The average Bonchev–Trinajstić information content (AvgIpc) is 3.25. The fourth-order valence-electron chi connectivity index (χ4n) is 5.64. The van der Waals surface area contributed by atoms with Crippen molar-refractivity contribution in [1.82, 2.24) is 9.55 Å². The zero-order valence-corrected chi connectivity index (χ0v) is 22.5. The second-order valence-corrected chi connectivity index (χ2v) is 14.4. The Labute approximate surface area is 208 Å². The number of hydrogen-bond acceptors (Lipinski definition) is 7. The van der Waals surface area contributed by atoms with Gasteiger partial charge in [0.15, 0.2) is 5.82 Å². The lowest BCUT2D eigenvalue weighted by Crippen LogP contribution is -2.43. The SMILES string of the molecule is Cc1sc(SCCCCCF)c2c(NS(=O)(=O)C[C@]34CC[C@H](CC3=O)C4(C)C)nc(=O)n-2c1C. The predicted octanol–water partition coefficient (Wildman–Crippen LogP) is 4.72. The molecule has 0 aromatic heterocycles. The second kappa shape index (κ2) is 9.20. The summed E-state index contributed by atoms with van der Waals surface area (Å²) >= 11 is 3.02. The minimum atomic E-state index is -3.95. The molecule has 0 saturated heterocycles. The number of aromatic nitrogens is 2. The van der Waals surface area contributed by atoms with Gasteiger partial charge in [0.2, 0.25) is 10.0 Å². The van der Waals surface area contributed by atoms with E-state index in [1.165, 1.54) is 27.7 Å². The quantitative estimate of drug-likeness (QED) is 0.353. The largest absolute Gasteiger partial charge is 0.354 e. The van der Waals surface area contributed by atoms with Gasteiger partial charge in [0.1, 0.15) is 11.5 Å². The van der Waals surface area contributed by atoms with Crippen LogP contribution in [0, 0.1) is 30.6 Å². The molecule has 2 bridgehead atoms. The number of alkyl halides is 1. The van der Waals surface area contributed by atoms with Crippen LogP contribution in [-0.4, -0.2) is 41.9 Å². The summed E-state index contributed by atoms with van der Waals surface area (Å²) in [6.07, 6.45) is 3.97. The molecule has 0 radical (unpaired) electrons. The molecule has 0 aromatic carbocycles. The summed E-state index contributed by atoms with van der Waals surface area (Å²) in [6.45, 7) is 7.39. The van der Waals surface area contributed by atoms with Crippen LogP contribution in [0.1, 0.15) is 62.9 Å². The second-order valence-electron chi connectivity index (χ2n) is 10.1. The summed E-state index contributed by atoms with van der Waals surface area (Å²) in [4.78, 5) is 30.6. The van der Waals surface area contributed by atoms with E-state index in [0.29, 0.717) is 30.6 Å². The van der Waals surface area contributed by atoms with Crippen LogP contribution in [0.2, 0.25) is 0 Å². The van der Waals surface area contributed by atoms with Crippen molar-refractivity contribution in [3.05, 3.63) is 21.1 Å². The van der Waals surface area contributed by atoms with Gasteiger partial charge in [-0.15, -0.1) is 23.1 Å². The van der Waals surface area contributed by atoms with Crippen LogP contribution in [-0.2, 0) is 14.8 Å². The number of sulfonamides is 1. The average molecular weight is 530 g/mol. The van der Waals surface area contributed by atoms with Crippen LogP contribution >= 0.6 is 23.1 Å². The van der Waals surface area contributed by atoms with E-state index in [9.17, 15) is 22.4 Å². The molecule has 7 nitrogen and oxygen atoms in total. The third-order valence-corrected chi connectivity index (χ3v) is 11.9. The number of thioether (sulfide) groups is 1. The number of ketones is 1. The molecule has 2 aliphatic carbocycles. The maximum absolute atomic E-state index is 13.4. The Morgan fingerprint density at radius 2 is 1.97 bits per heavy atom. The summed E-state index contributed by atoms with van der Waals surface area (Å²) in [7, 11) is -3.95. The van der Waals surface area contributed by atoms with E-state index in [1.807, 2.05) is 27.7 Å². The molecule has 0 aromatic rings. The van der Waals surface area contributed by atoms with Crippen molar-refractivity contribution in [2.45, 2.75) is 70.4 Å². The number of nitrogens with one attached hydrogen (secondary N) is 1. The first-order valence-corrected chi connectivity index (χ1v) is 15.1. The van der Waals surface area contributed by atoms with Crippen LogP contribution in [0.15, 0.2) is 9.00 Å². The van der Waals surface area contributed by atoms with Crippen molar-refractivity contribution in [2.75, 3.05) is 22.9 Å². The highest BCUT2D eigenvalue weighted by Crippen LogP contribution is 2.64. The van der Waals surface area contributed by atoms with Crippen molar-refractivity contribution in [2.24, 2.45) is 16.7 Å². The number of anilines is 1. The third-order valence-electron chi connectivity index (χ3n) is 7.97. The number of unbranched alkanes of at least 4 members (excludes halogenated alkanes) is 2. The molecule has 1 N–H and O–H groups in total. The Morgan fingerprint density at radius 1 is 1.24 bits per heavy atom. The Kier molecular flexibility index (Phi) is 6.94. The van der Waals surface area contributed by atoms with Crippen LogP contribution in [0.4, 0.5) is 10.2 Å². The van der Waals surface area contributed by atoms with E-state index in [-0.39, 0.29) is 35.4 Å². The zero-order valence-electron chi connectivity index (χ0n) is 20.1. The van der Waals surface area contributed by atoms with Crippen molar-refractivity contribution < 1.29 is 17.6 Å². The number of Topliss-reactive ketones (excluding diaryl/α,β-unsaturated/α-hetero) is 1. The van der Waals surface area contributed by atoms with Crippen LogP contribution in [0.3, 0.4) is 0 Å². The van der Waals surface area contributed by atoms with Gasteiger partial charge in [0.05, 0.1) is 22.1 Å². The van der Waals surface area contributed by atoms with Crippen LogP contribution in [0.5, 0.6) is 0 Å². The van der Waals surface area contributed by atoms with Gasteiger partial charge in [0.25, 0.3) is 0 Å². The van der Waals surface area contributed by atoms with E-state index in [0.717, 1.165) is 34.1 Å². The zero-order chi connectivity index (χ0) is 24.9. The molecule has 11 heteroatoms. The molecule has 34 heavy (non-hydrogen) atoms. The topological polar surface area (TPSA) is 98.1 Å². The summed E-state index contributed by atoms with van der Waals surface area (Å²) in [5, 5.41) is 0. The number of fused-ring (bicyclic) bond motifs is 3. The fraction of sp³-hybridized carbons (Fsp3) is 0.696. The molecule has 2 aliphatic heterocycles. The minimum Gasteiger partial charge on any atom is -0.299 e. The molecule has 188 valence electrons. The number of imidazole rings is 1. The normalized spacial score (nSPS) is 23.8. The summed E-state index contributed by atoms with van der Waals surface area (Å²) < 4.78 is 44.0. The molecule has 4 rings (SSSR count). The Balaban J connectivity index is 1.65. The molecule has 2 heterocycles. The Morgan fingerprint density at radius 3 is 2.59 bits per heavy atom. The van der Waals surface area contributed by atoms with Gasteiger partial charge < -0.3 is 0 Å². The molecule has 2 atom stereocenters. The lowest BCUT2D eigenvalue weighted by atomic mass is 9.70. The highest BCUT2D eigenvalue weighted by atomic mass is 32.2. The number of rotatable bonds is 10. The molecule has 0 spiro atoms. The number of halogens is 1. The first-order chi connectivity index (χ1) is 15.9. The Bertz CT molecular complexity index is 1240. The van der Waals surface area contributed by atoms with Gasteiger partial charge in [-0.1, -0.05) is 20.3 Å². The van der Waals surface area contributed by atoms with Gasteiger partial charge in [0, 0.05) is 17.0 Å². The first-order valence-electron chi connectivity index (χ1n) is 11.7. The predicted molar refractivity (Wildman–Crippen MR) is 135 cm³/mol. The molecule has 0 unspecified atom stereocenters. The number of carbonyl (C=O) groups is 1. The lowest BCUT2D eigenvalue weighted by molar-refractivity contribution is -0.128. The summed E-state index contributed by atoms with van der Waals surface area (Å²) in [6, 6.07) is 0. The first kappa shape index (κ1) is 25.6.